The summed E-state index contributed by atoms with van der Waals surface area (Å²) in [6, 6.07) is 14.9. The molecule has 0 atom stereocenters. The van der Waals surface area contributed by atoms with Crippen molar-refractivity contribution in [2.45, 2.75) is 13.3 Å². The highest BCUT2D eigenvalue weighted by atomic mass is 35.5. The normalized spacial score (nSPS) is 10.6. The molecule has 0 fully saturated rings. The maximum Gasteiger partial charge on any atom is 0.228 e. The average Bonchev–Trinajstić information content (AvgIpc) is 2.93. The van der Waals surface area contributed by atoms with Crippen molar-refractivity contribution >= 4 is 34.8 Å². The number of amides is 1. The molecule has 3 aromatic rings. The van der Waals surface area contributed by atoms with E-state index in [1.54, 1.807) is 29.1 Å². The summed E-state index contributed by atoms with van der Waals surface area (Å²) in [5.74, 6) is -0.194. The summed E-state index contributed by atoms with van der Waals surface area (Å²) < 4.78 is 1.78. The Kier molecular flexibility index (Phi) is 4.88. The van der Waals surface area contributed by atoms with E-state index >= 15 is 0 Å². The molecular formula is C18H15Cl2N3O. The molecule has 4 nitrogen and oxygen atoms in total. The summed E-state index contributed by atoms with van der Waals surface area (Å²) in [5.41, 5.74) is 3.06. The van der Waals surface area contributed by atoms with Crippen LogP contribution in [0.1, 0.15) is 11.3 Å². The predicted octanol–water partition coefficient (Wildman–Crippen LogP) is 4.67. The van der Waals surface area contributed by atoms with E-state index in [-0.39, 0.29) is 12.3 Å². The van der Waals surface area contributed by atoms with Crippen molar-refractivity contribution in [1.29, 1.82) is 0 Å². The number of para-hydroxylation sites is 1. The summed E-state index contributed by atoms with van der Waals surface area (Å²) >= 11 is 12.2. The van der Waals surface area contributed by atoms with Crippen molar-refractivity contribution in [2.24, 2.45) is 0 Å². The van der Waals surface area contributed by atoms with Crippen LogP contribution in [0, 0.1) is 6.92 Å². The molecule has 0 radical (unpaired) electrons. The van der Waals surface area contributed by atoms with Crippen molar-refractivity contribution < 1.29 is 4.79 Å². The molecule has 3 rings (SSSR count). The van der Waals surface area contributed by atoms with Crippen LogP contribution in [0.25, 0.3) is 5.69 Å². The molecule has 6 heteroatoms. The van der Waals surface area contributed by atoms with Gasteiger partial charge >= 0.3 is 0 Å². The van der Waals surface area contributed by atoms with Crippen molar-refractivity contribution in [3.63, 3.8) is 0 Å². The van der Waals surface area contributed by atoms with E-state index in [0.717, 1.165) is 11.4 Å². The number of rotatable bonds is 4. The van der Waals surface area contributed by atoms with Crippen LogP contribution in [0.15, 0.2) is 54.7 Å². The number of benzene rings is 2. The van der Waals surface area contributed by atoms with Gasteiger partial charge in [0.1, 0.15) is 0 Å². The number of carbonyl (C=O) groups is 1. The Morgan fingerprint density at radius 2 is 1.75 bits per heavy atom. The lowest BCUT2D eigenvalue weighted by atomic mass is 10.1. The number of nitrogens with one attached hydrogen (secondary N) is 1. The van der Waals surface area contributed by atoms with E-state index in [2.05, 4.69) is 10.4 Å². The van der Waals surface area contributed by atoms with Gasteiger partial charge in [-0.2, -0.15) is 5.10 Å². The minimum atomic E-state index is -0.194. The predicted molar refractivity (Wildman–Crippen MR) is 97.1 cm³/mol. The third-order valence-electron chi connectivity index (χ3n) is 3.68. The molecule has 24 heavy (non-hydrogen) atoms. The van der Waals surface area contributed by atoms with E-state index < -0.39 is 0 Å². The Morgan fingerprint density at radius 3 is 2.42 bits per heavy atom. The van der Waals surface area contributed by atoms with Gasteiger partial charge in [0.05, 0.1) is 29.7 Å². The van der Waals surface area contributed by atoms with Gasteiger partial charge in [-0.1, -0.05) is 47.5 Å². The minimum absolute atomic E-state index is 0.106. The zero-order valence-electron chi connectivity index (χ0n) is 13.0. The van der Waals surface area contributed by atoms with Crippen molar-refractivity contribution in [3.05, 3.63) is 76.0 Å². The summed E-state index contributed by atoms with van der Waals surface area (Å²) in [4.78, 5) is 12.3. The molecular weight excluding hydrogens is 345 g/mol. The van der Waals surface area contributed by atoms with Crippen LogP contribution in [-0.2, 0) is 11.2 Å². The molecule has 0 aliphatic carbocycles. The molecule has 1 amide bonds. The zero-order valence-corrected chi connectivity index (χ0v) is 14.5. The standard InChI is InChI=1S/C18H15Cl2N3O/c1-12-17(11-21-23(12)13-6-3-2-4-7-13)22-18(24)10-14-15(19)8-5-9-16(14)20/h2-9,11H,10H2,1H3,(H,22,24). The second-order valence-corrected chi connectivity index (χ2v) is 6.13. The van der Waals surface area contributed by atoms with Gasteiger partial charge in [0.25, 0.3) is 0 Å². The lowest BCUT2D eigenvalue weighted by molar-refractivity contribution is -0.115. The second-order valence-electron chi connectivity index (χ2n) is 5.32. The first-order valence-corrected chi connectivity index (χ1v) is 8.14. The maximum absolute atomic E-state index is 12.3. The fraction of sp³-hybridized carbons (Fsp3) is 0.111. The average molecular weight is 360 g/mol. The summed E-state index contributed by atoms with van der Waals surface area (Å²) in [6.45, 7) is 1.90. The van der Waals surface area contributed by atoms with Crippen molar-refractivity contribution in [3.8, 4) is 5.69 Å². The molecule has 0 unspecified atom stereocenters. The fourth-order valence-electron chi connectivity index (χ4n) is 2.42. The SMILES string of the molecule is Cc1c(NC(=O)Cc2c(Cl)cccc2Cl)cnn1-c1ccccc1. The van der Waals surface area contributed by atoms with Gasteiger partial charge in [-0.15, -0.1) is 0 Å². The molecule has 0 saturated heterocycles. The van der Waals surface area contributed by atoms with E-state index in [4.69, 9.17) is 23.2 Å². The number of carbonyl (C=O) groups excluding carboxylic acids is 1. The molecule has 0 aliphatic heterocycles. The highest BCUT2D eigenvalue weighted by Gasteiger charge is 2.14. The van der Waals surface area contributed by atoms with Crippen LogP contribution in [0.2, 0.25) is 10.0 Å². The number of nitrogens with zero attached hydrogens (tertiary/aromatic N) is 2. The largest absolute Gasteiger partial charge is 0.323 e. The summed E-state index contributed by atoms with van der Waals surface area (Å²) in [7, 11) is 0. The molecule has 0 spiro atoms. The van der Waals surface area contributed by atoms with Gasteiger partial charge in [0, 0.05) is 10.0 Å². The first kappa shape index (κ1) is 16.6. The minimum Gasteiger partial charge on any atom is -0.323 e. The molecule has 0 saturated carbocycles. The van der Waals surface area contributed by atoms with Crippen LogP contribution >= 0.6 is 23.2 Å². The van der Waals surface area contributed by atoms with Crippen molar-refractivity contribution in [1.82, 2.24) is 9.78 Å². The van der Waals surface area contributed by atoms with Gasteiger partial charge in [-0.3, -0.25) is 4.79 Å². The molecule has 1 heterocycles. The van der Waals surface area contributed by atoms with E-state index in [1.807, 2.05) is 37.3 Å². The third kappa shape index (κ3) is 3.45. The van der Waals surface area contributed by atoms with E-state index in [0.29, 0.717) is 21.3 Å². The topological polar surface area (TPSA) is 46.9 Å². The Morgan fingerprint density at radius 1 is 1.08 bits per heavy atom. The van der Waals surface area contributed by atoms with Gasteiger partial charge in [0.15, 0.2) is 0 Å². The van der Waals surface area contributed by atoms with Crippen LogP contribution in [0.5, 0.6) is 0 Å². The van der Waals surface area contributed by atoms with Crippen LogP contribution in [0.4, 0.5) is 5.69 Å². The smallest absolute Gasteiger partial charge is 0.228 e. The number of hydrogen-bond donors (Lipinski definition) is 1. The van der Waals surface area contributed by atoms with Gasteiger partial charge < -0.3 is 5.32 Å². The molecule has 1 N–H and O–H groups in total. The molecule has 2 aromatic carbocycles. The Bertz CT molecular complexity index is 855. The van der Waals surface area contributed by atoms with E-state index in [1.165, 1.54) is 0 Å². The van der Waals surface area contributed by atoms with Gasteiger partial charge in [-0.25, -0.2) is 4.68 Å². The number of halogens is 2. The lowest BCUT2D eigenvalue weighted by Gasteiger charge is -2.08. The first-order valence-electron chi connectivity index (χ1n) is 7.39. The molecule has 1 aromatic heterocycles. The Hall–Kier alpha value is -2.30. The molecule has 122 valence electrons. The fourth-order valence-corrected chi connectivity index (χ4v) is 2.95. The summed E-state index contributed by atoms with van der Waals surface area (Å²) in [6.07, 6.45) is 1.74. The second kappa shape index (κ2) is 7.07. The Balaban J connectivity index is 1.77. The highest BCUT2D eigenvalue weighted by Crippen LogP contribution is 2.25. The zero-order chi connectivity index (χ0) is 17.1. The molecule has 0 aliphatic rings. The third-order valence-corrected chi connectivity index (χ3v) is 4.39. The van der Waals surface area contributed by atoms with Gasteiger partial charge in [0.2, 0.25) is 5.91 Å². The maximum atomic E-state index is 12.3. The number of hydrogen-bond acceptors (Lipinski definition) is 2. The number of aromatic nitrogens is 2. The highest BCUT2D eigenvalue weighted by molar-refractivity contribution is 6.36. The monoisotopic (exact) mass is 359 g/mol. The van der Waals surface area contributed by atoms with Crippen molar-refractivity contribution in [2.75, 3.05) is 5.32 Å². The van der Waals surface area contributed by atoms with E-state index in [9.17, 15) is 4.79 Å². The summed E-state index contributed by atoms with van der Waals surface area (Å²) in [5, 5.41) is 8.16. The van der Waals surface area contributed by atoms with Crippen LogP contribution in [-0.4, -0.2) is 15.7 Å². The first-order chi connectivity index (χ1) is 11.6. The molecule has 0 bridgehead atoms. The van der Waals surface area contributed by atoms with Crippen LogP contribution in [0.3, 0.4) is 0 Å². The lowest BCUT2D eigenvalue weighted by Crippen LogP contribution is -2.15. The Labute approximate surface area is 150 Å². The van der Waals surface area contributed by atoms with Gasteiger partial charge in [-0.05, 0) is 36.8 Å². The number of anilines is 1. The van der Waals surface area contributed by atoms with Crippen LogP contribution < -0.4 is 5.32 Å². The quantitative estimate of drug-likeness (QED) is 0.735.